The van der Waals surface area contributed by atoms with E-state index in [1.165, 1.54) is 18.2 Å². The van der Waals surface area contributed by atoms with Crippen molar-refractivity contribution in [2.45, 2.75) is 0 Å². The summed E-state index contributed by atoms with van der Waals surface area (Å²) in [5, 5.41) is 18.1. The third-order valence-corrected chi connectivity index (χ3v) is 1.84. The average molecular weight is 221 g/mol. The monoisotopic (exact) mass is 221 g/mol. The lowest BCUT2D eigenvalue weighted by atomic mass is 10.1. The lowest BCUT2D eigenvalue weighted by Crippen LogP contribution is -2.33. The molecule has 0 bridgehead atoms. The Hall–Kier alpha value is -2.37. The molecule has 0 spiro atoms. The minimum absolute atomic E-state index is 0.0521. The molecule has 6 nitrogen and oxygen atoms in total. The van der Waals surface area contributed by atoms with Crippen LogP contribution in [0.2, 0.25) is 0 Å². The van der Waals surface area contributed by atoms with Gasteiger partial charge < -0.3 is 16.2 Å². The Labute approximate surface area is 91.6 Å². The molecule has 1 rings (SSSR count). The molecule has 0 fully saturated rings. The van der Waals surface area contributed by atoms with Gasteiger partial charge in [0, 0.05) is 0 Å². The quantitative estimate of drug-likeness (QED) is 0.424. The van der Waals surface area contributed by atoms with E-state index < -0.39 is 11.9 Å². The summed E-state index contributed by atoms with van der Waals surface area (Å²) in [6, 6.07) is 5.84. The minimum Gasteiger partial charge on any atom is -0.478 e. The van der Waals surface area contributed by atoms with Crippen LogP contribution in [-0.4, -0.2) is 29.4 Å². The number of hydrogen-bond donors (Lipinski definition) is 4. The number of carboxylic acid groups (broad SMARTS) is 1. The third-order valence-electron chi connectivity index (χ3n) is 1.84. The van der Waals surface area contributed by atoms with Gasteiger partial charge in [-0.3, -0.25) is 10.2 Å². The highest BCUT2D eigenvalue weighted by Crippen LogP contribution is 2.08. The Morgan fingerprint density at radius 1 is 1.31 bits per heavy atom. The largest absolute Gasteiger partial charge is 0.478 e. The van der Waals surface area contributed by atoms with E-state index in [-0.39, 0.29) is 23.5 Å². The Balaban J connectivity index is 2.90. The molecule has 0 aromatic heterocycles. The van der Waals surface area contributed by atoms with Crippen LogP contribution in [0, 0.1) is 5.41 Å². The van der Waals surface area contributed by atoms with Crippen molar-refractivity contribution in [1.29, 1.82) is 5.41 Å². The number of carbonyl (C=O) groups excluding carboxylic acids is 1. The summed E-state index contributed by atoms with van der Waals surface area (Å²) >= 11 is 0. The molecule has 5 N–H and O–H groups in total. The fraction of sp³-hybridized carbons (Fsp3) is 0.100. The van der Waals surface area contributed by atoms with Crippen molar-refractivity contribution in [3.05, 3.63) is 35.4 Å². The van der Waals surface area contributed by atoms with E-state index in [1.807, 2.05) is 0 Å². The summed E-state index contributed by atoms with van der Waals surface area (Å²) in [4.78, 5) is 22.4. The van der Waals surface area contributed by atoms with Crippen molar-refractivity contribution >= 4 is 17.7 Å². The lowest BCUT2D eigenvalue weighted by Gasteiger charge is -2.06. The van der Waals surface area contributed by atoms with Crippen LogP contribution >= 0.6 is 0 Å². The van der Waals surface area contributed by atoms with E-state index in [0.29, 0.717) is 0 Å². The van der Waals surface area contributed by atoms with Gasteiger partial charge in [-0.1, -0.05) is 12.1 Å². The van der Waals surface area contributed by atoms with Crippen LogP contribution in [0.25, 0.3) is 0 Å². The van der Waals surface area contributed by atoms with Crippen molar-refractivity contribution in [1.82, 2.24) is 5.32 Å². The molecule has 0 aliphatic rings. The third kappa shape index (κ3) is 2.81. The van der Waals surface area contributed by atoms with E-state index in [4.69, 9.17) is 16.2 Å². The Bertz CT molecular complexity index is 443. The number of amidine groups is 1. The normalized spacial score (nSPS) is 9.50. The second-order valence-electron chi connectivity index (χ2n) is 3.06. The summed E-state index contributed by atoms with van der Waals surface area (Å²) < 4.78 is 0. The first-order valence-corrected chi connectivity index (χ1v) is 4.45. The number of rotatable bonds is 4. The van der Waals surface area contributed by atoms with Gasteiger partial charge in [-0.15, -0.1) is 0 Å². The molecule has 0 unspecified atom stereocenters. The molecule has 0 atom stereocenters. The maximum atomic E-state index is 11.5. The van der Waals surface area contributed by atoms with Crippen molar-refractivity contribution in [3.63, 3.8) is 0 Å². The number of amides is 1. The number of benzene rings is 1. The van der Waals surface area contributed by atoms with Crippen molar-refractivity contribution in [2.75, 3.05) is 6.54 Å². The summed E-state index contributed by atoms with van der Waals surface area (Å²) in [6.07, 6.45) is 0. The van der Waals surface area contributed by atoms with E-state index in [1.54, 1.807) is 6.07 Å². The number of carboxylic acids is 1. The molecule has 6 heteroatoms. The number of carbonyl (C=O) groups is 2. The van der Waals surface area contributed by atoms with Crippen LogP contribution in [-0.2, 0) is 0 Å². The topological polar surface area (TPSA) is 116 Å². The highest BCUT2D eigenvalue weighted by Gasteiger charge is 2.15. The Kier molecular flexibility index (Phi) is 3.60. The van der Waals surface area contributed by atoms with E-state index in [0.717, 1.165) is 0 Å². The first-order chi connectivity index (χ1) is 7.52. The highest BCUT2D eigenvalue weighted by molar-refractivity contribution is 6.05. The molecular formula is C10H11N3O3. The zero-order chi connectivity index (χ0) is 12.1. The first kappa shape index (κ1) is 11.7. The maximum absolute atomic E-state index is 11.5. The number of hydrogen-bond acceptors (Lipinski definition) is 3. The van der Waals surface area contributed by atoms with Crippen LogP contribution in [0.1, 0.15) is 20.7 Å². The van der Waals surface area contributed by atoms with Gasteiger partial charge in [-0.2, -0.15) is 0 Å². The molecule has 0 aliphatic heterocycles. The summed E-state index contributed by atoms with van der Waals surface area (Å²) in [5.74, 6) is -1.93. The standard InChI is InChI=1S/C10H11N3O3/c11-8(12)5-13-9(14)6-3-1-2-4-7(6)10(15)16/h1-4H,5H2,(H3,11,12)(H,13,14)(H,15,16). The molecule has 1 amide bonds. The predicted molar refractivity (Wildman–Crippen MR) is 57.6 cm³/mol. The van der Waals surface area contributed by atoms with E-state index in [2.05, 4.69) is 5.32 Å². The van der Waals surface area contributed by atoms with Crippen molar-refractivity contribution in [2.24, 2.45) is 5.73 Å². The average Bonchev–Trinajstić information content (AvgIpc) is 2.25. The molecule has 1 aromatic rings. The van der Waals surface area contributed by atoms with Gasteiger partial charge in [0.2, 0.25) is 0 Å². The Morgan fingerprint density at radius 2 is 1.88 bits per heavy atom. The number of nitrogens with two attached hydrogens (primary N) is 1. The molecule has 0 aliphatic carbocycles. The van der Waals surface area contributed by atoms with Crippen LogP contribution in [0.3, 0.4) is 0 Å². The number of nitrogens with one attached hydrogen (secondary N) is 2. The second-order valence-corrected chi connectivity index (χ2v) is 3.06. The molecular weight excluding hydrogens is 210 g/mol. The minimum atomic E-state index is -1.17. The van der Waals surface area contributed by atoms with Crippen LogP contribution in [0.15, 0.2) is 24.3 Å². The van der Waals surface area contributed by atoms with Gasteiger partial charge in [0.25, 0.3) is 5.91 Å². The fourth-order valence-electron chi connectivity index (χ4n) is 1.14. The zero-order valence-corrected chi connectivity index (χ0v) is 8.36. The van der Waals surface area contributed by atoms with Crippen LogP contribution in [0.4, 0.5) is 0 Å². The van der Waals surface area contributed by atoms with Crippen molar-refractivity contribution < 1.29 is 14.7 Å². The van der Waals surface area contributed by atoms with E-state index in [9.17, 15) is 9.59 Å². The van der Waals surface area contributed by atoms with E-state index >= 15 is 0 Å². The molecule has 0 radical (unpaired) electrons. The molecule has 84 valence electrons. The highest BCUT2D eigenvalue weighted by atomic mass is 16.4. The summed E-state index contributed by atoms with van der Waals surface area (Å²) in [7, 11) is 0. The number of aromatic carboxylic acids is 1. The molecule has 0 saturated carbocycles. The maximum Gasteiger partial charge on any atom is 0.336 e. The molecule has 0 saturated heterocycles. The molecule has 16 heavy (non-hydrogen) atoms. The SMILES string of the molecule is N=C(N)CNC(=O)c1ccccc1C(=O)O. The second kappa shape index (κ2) is 4.92. The zero-order valence-electron chi connectivity index (χ0n) is 8.36. The van der Waals surface area contributed by atoms with Gasteiger partial charge in [0.15, 0.2) is 0 Å². The van der Waals surface area contributed by atoms with Gasteiger partial charge in [0.1, 0.15) is 5.84 Å². The fourth-order valence-corrected chi connectivity index (χ4v) is 1.14. The van der Waals surface area contributed by atoms with Gasteiger partial charge in [-0.05, 0) is 12.1 Å². The summed E-state index contributed by atoms with van der Waals surface area (Å²) in [5.41, 5.74) is 5.04. The summed E-state index contributed by atoms with van der Waals surface area (Å²) in [6.45, 7) is -0.104. The predicted octanol–water partition coefficient (Wildman–Crippen LogP) is 0.0506. The van der Waals surface area contributed by atoms with Crippen LogP contribution in [0.5, 0.6) is 0 Å². The smallest absolute Gasteiger partial charge is 0.336 e. The molecule has 1 aromatic carbocycles. The van der Waals surface area contributed by atoms with Crippen molar-refractivity contribution in [3.8, 4) is 0 Å². The molecule has 0 heterocycles. The Morgan fingerprint density at radius 3 is 2.38 bits per heavy atom. The van der Waals surface area contributed by atoms with Gasteiger partial charge >= 0.3 is 5.97 Å². The van der Waals surface area contributed by atoms with Crippen LogP contribution < -0.4 is 11.1 Å². The lowest BCUT2D eigenvalue weighted by molar-refractivity contribution is 0.0691. The van der Waals surface area contributed by atoms with Gasteiger partial charge in [0.05, 0.1) is 17.7 Å². The van der Waals surface area contributed by atoms with Gasteiger partial charge in [-0.25, -0.2) is 4.79 Å². The first-order valence-electron chi connectivity index (χ1n) is 4.45.